The van der Waals surface area contributed by atoms with E-state index in [1.165, 1.54) is 27.4 Å². The van der Waals surface area contributed by atoms with Gasteiger partial charge in [-0.1, -0.05) is 0 Å². The van der Waals surface area contributed by atoms with E-state index in [1.807, 2.05) is 0 Å². The summed E-state index contributed by atoms with van der Waals surface area (Å²) in [4.78, 5) is 11.6. The van der Waals surface area contributed by atoms with Crippen molar-refractivity contribution in [3.63, 3.8) is 0 Å². The second-order valence-electron chi connectivity index (χ2n) is 4.29. The molecular formula is C14H16N4O4. The molecule has 0 unspecified atom stereocenters. The molecule has 0 radical (unpaired) electrons. The zero-order chi connectivity index (χ0) is 16.3. The van der Waals surface area contributed by atoms with Crippen molar-refractivity contribution >= 4 is 5.84 Å². The van der Waals surface area contributed by atoms with Crippen LogP contribution in [-0.2, 0) is 0 Å². The molecule has 0 aliphatic rings. The van der Waals surface area contributed by atoms with Crippen LogP contribution < -0.4 is 25.5 Å². The number of ether oxygens (including phenoxy) is 3. The van der Waals surface area contributed by atoms with E-state index in [-0.39, 0.29) is 11.4 Å². The van der Waals surface area contributed by atoms with E-state index in [0.717, 1.165) is 0 Å². The van der Waals surface area contributed by atoms with Crippen molar-refractivity contribution in [1.82, 2.24) is 10.2 Å². The van der Waals surface area contributed by atoms with Gasteiger partial charge in [-0.25, -0.2) is 5.10 Å². The van der Waals surface area contributed by atoms with E-state index in [1.54, 1.807) is 12.1 Å². The number of amidine groups is 1. The summed E-state index contributed by atoms with van der Waals surface area (Å²) in [5.41, 5.74) is 5.85. The fraction of sp³-hybridized carbons (Fsp3) is 0.214. The number of benzene rings is 1. The number of nitrogen functional groups attached to an aromatic ring is 1. The highest BCUT2D eigenvalue weighted by Gasteiger charge is 2.19. The highest BCUT2D eigenvalue weighted by molar-refractivity contribution is 5.95. The summed E-state index contributed by atoms with van der Waals surface area (Å²) in [6, 6.07) is 4.83. The second-order valence-corrected chi connectivity index (χ2v) is 4.29. The maximum absolute atomic E-state index is 11.6. The summed E-state index contributed by atoms with van der Waals surface area (Å²) in [5, 5.41) is 13.7. The van der Waals surface area contributed by atoms with Crippen molar-refractivity contribution in [2.45, 2.75) is 0 Å². The average Bonchev–Trinajstić information content (AvgIpc) is 2.53. The van der Waals surface area contributed by atoms with E-state index in [4.69, 9.17) is 25.4 Å². The Bertz CT molecular complexity index is 770. The quantitative estimate of drug-likeness (QED) is 0.553. The van der Waals surface area contributed by atoms with Gasteiger partial charge >= 0.3 is 0 Å². The third kappa shape index (κ3) is 2.58. The van der Waals surface area contributed by atoms with E-state index < -0.39 is 5.56 Å². The van der Waals surface area contributed by atoms with Gasteiger partial charge < -0.3 is 19.9 Å². The molecule has 8 heteroatoms. The first-order chi connectivity index (χ1) is 10.5. The first-order valence-electron chi connectivity index (χ1n) is 6.27. The Balaban J connectivity index is 2.70. The summed E-state index contributed by atoms with van der Waals surface area (Å²) in [6.45, 7) is 0. The van der Waals surface area contributed by atoms with Crippen molar-refractivity contribution < 1.29 is 14.2 Å². The van der Waals surface area contributed by atoms with E-state index in [9.17, 15) is 4.79 Å². The Kier molecular flexibility index (Phi) is 4.31. The highest BCUT2D eigenvalue weighted by atomic mass is 16.5. The fourth-order valence-corrected chi connectivity index (χ4v) is 2.05. The third-order valence-electron chi connectivity index (χ3n) is 3.07. The SMILES string of the molecule is COc1ccc(-c2cc(C(=N)N)c(=O)[nH]n2)c(OC)c1OC. The first kappa shape index (κ1) is 15.4. The van der Waals surface area contributed by atoms with Crippen molar-refractivity contribution in [3.05, 3.63) is 34.1 Å². The van der Waals surface area contributed by atoms with Gasteiger partial charge in [0, 0.05) is 5.56 Å². The van der Waals surface area contributed by atoms with Crippen LogP contribution in [0.4, 0.5) is 0 Å². The predicted molar refractivity (Wildman–Crippen MR) is 81.0 cm³/mol. The normalized spacial score (nSPS) is 10.1. The smallest absolute Gasteiger partial charge is 0.275 e. The molecule has 22 heavy (non-hydrogen) atoms. The number of nitrogens with one attached hydrogen (secondary N) is 2. The van der Waals surface area contributed by atoms with Crippen molar-refractivity contribution in [2.24, 2.45) is 5.73 Å². The van der Waals surface area contributed by atoms with Crippen LogP contribution in [0.3, 0.4) is 0 Å². The minimum Gasteiger partial charge on any atom is -0.493 e. The molecule has 0 amide bonds. The van der Waals surface area contributed by atoms with Crippen molar-refractivity contribution in [3.8, 4) is 28.5 Å². The number of nitrogens with zero attached hydrogens (tertiary/aromatic N) is 1. The molecular weight excluding hydrogens is 288 g/mol. The monoisotopic (exact) mass is 304 g/mol. The summed E-state index contributed by atoms with van der Waals surface area (Å²) < 4.78 is 15.9. The molecule has 1 heterocycles. The molecule has 0 spiro atoms. The standard InChI is InChI=1S/C14H16N4O4/c1-20-10-5-4-7(11(21-2)12(10)22-3)9-6-8(13(15)16)14(19)18-17-9/h4-6H,1-3H3,(H3,15,16)(H,18,19). The molecule has 0 aliphatic carbocycles. The molecule has 2 aromatic rings. The Labute approximate surface area is 126 Å². The molecule has 0 atom stereocenters. The lowest BCUT2D eigenvalue weighted by atomic mass is 10.1. The van der Waals surface area contributed by atoms with Crippen LogP contribution in [0, 0.1) is 5.41 Å². The van der Waals surface area contributed by atoms with Crippen LogP contribution in [0.15, 0.2) is 23.0 Å². The van der Waals surface area contributed by atoms with Gasteiger partial charge in [-0.3, -0.25) is 10.2 Å². The zero-order valence-corrected chi connectivity index (χ0v) is 12.4. The van der Waals surface area contributed by atoms with Crippen LogP contribution >= 0.6 is 0 Å². The lowest BCUT2D eigenvalue weighted by Crippen LogP contribution is -2.24. The maximum Gasteiger partial charge on any atom is 0.275 e. The van der Waals surface area contributed by atoms with Crippen molar-refractivity contribution in [2.75, 3.05) is 21.3 Å². The van der Waals surface area contributed by atoms with Gasteiger partial charge in [-0.2, -0.15) is 5.10 Å². The van der Waals surface area contributed by atoms with Crippen LogP contribution in [0.5, 0.6) is 17.2 Å². The van der Waals surface area contributed by atoms with Crippen molar-refractivity contribution in [1.29, 1.82) is 5.41 Å². The number of nitrogens with two attached hydrogens (primary N) is 1. The van der Waals surface area contributed by atoms with E-state index in [0.29, 0.717) is 28.5 Å². The number of rotatable bonds is 5. The minimum atomic E-state index is -0.532. The molecule has 116 valence electrons. The fourth-order valence-electron chi connectivity index (χ4n) is 2.05. The van der Waals surface area contributed by atoms with Crippen LogP contribution in [-0.4, -0.2) is 37.4 Å². The molecule has 4 N–H and O–H groups in total. The number of methoxy groups -OCH3 is 3. The lowest BCUT2D eigenvalue weighted by molar-refractivity contribution is 0.325. The minimum absolute atomic E-state index is 0.0295. The molecule has 8 nitrogen and oxygen atoms in total. The molecule has 0 saturated heterocycles. The van der Waals surface area contributed by atoms with Crippen LogP contribution in [0.1, 0.15) is 5.56 Å². The van der Waals surface area contributed by atoms with E-state index >= 15 is 0 Å². The number of aromatic amines is 1. The predicted octanol–water partition coefficient (Wildman–Crippen LogP) is 0.747. The summed E-state index contributed by atoms with van der Waals surface area (Å²) in [5.74, 6) is 0.958. The number of hydrogen-bond acceptors (Lipinski definition) is 6. The molecule has 2 rings (SSSR count). The number of hydrogen-bond donors (Lipinski definition) is 3. The van der Waals surface area contributed by atoms with Gasteiger partial charge in [0.2, 0.25) is 5.75 Å². The molecule has 1 aromatic heterocycles. The van der Waals surface area contributed by atoms with Gasteiger partial charge in [-0.15, -0.1) is 0 Å². The summed E-state index contributed by atoms with van der Waals surface area (Å²) in [7, 11) is 4.49. The Morgan fingerprint density at radius 1 is 1.18 bits per heavy atom. The van der Waals surface area contributed by atoms with Gasteiger partial charge in [0.25, 0.3) is 5.56 Å². The average molecular weight is 304 g/mol. The Morgan fingerprint density at radius 3 is 2.41 bits per heavy atom. The molecule has 1 aromatic carbocycles. The first-order valence-corrected chi connectivity index (χ1v) is 6.27. The van der Waals surface area contributed by atoms with Gasteiger partial charge in [0.1, 0.15) is 5.84 Å². The summed E-state index contributed by atoms with van der Waals surface area (Å²) in [6.07, 6.45) is 0. The number of H-pyrrole nitrogens is 1. The zero-order valence-electron chi connectivity index (χ0n) is 12.4. The van der Waals surface area contributed by atoms with E-state index in [2.05, 4.69) is 10.2 Å². The van der Waals surface area contributed by atoms with Gasteiger partial charge in [0.05, 0.1) is 32.6 Å². The third-order valence-corrected chi connectivity index (χ3v) is 3.07. The van der Waals surface area contributed by atoms with Crippen LogP contribution in [0.25, 0.3) is 11.3 Å². The molecule has 0 fully saturated rings. The molecule has 0 aliphatic heterocycles. The lowest BCUT2D eigenvalue weighted by Gasteiger charge is -2.15. The second kappa shape index (κ2) is 6.17. The van der Waals surface area contributed by atoms with Gasteiger partial charge in [0.15, 0.2) is 11.5 Å². The molecule has 0 saturated carbocycles. The topological polar surface area (TPSA) is 123 Å². The largest absolute Gasteiger partial charge is 0.493 e. The Morgan fingerprint density at radius 2 is 1.86 bits per heavy atom. The highest BCUT2D eigenvalue weighted by Crippen LogP contribution is 2.43. The Hall–Kier alpha value is -3.03. The molecule has 0 bridgehead atoms. The maximum atomic E-state index is 11.6. The van der Waals surface area contributed by atoms with Crippen LogP contribution in [0.2, 0.25) is 0 Å². The number of aromatic nitrogens is 2. The summed E-state index contributed by atoms with van der Waals surface area (Å²) >= 11 is 0. The van der Waals surface area contributed by atoms with Gasteiger partial charge in [-0.05, 0) is 18.2 Å².